The van der Waals surface area contributed by atoms with Crippen LogP contribution < -0.4 is 5.32 Å². The molecule has 2 aromatic rings. The third-order valence-corrected chi connectivity index (χ3v) is 3.61. The first-order valence-electron chi connectivity index (χ1n) is 6.93. The van der Waals surface area contributed by atoms with Crippen molar-refractivity contribution >= 4 is 23.4 Å². The maximum absolute atomic E-state index is 12.2. The average Bonchev–Trinajstić information content (AvgIpc) is 2.85. The number of anilines is 1. The van der Waals surface area contributed by atoms with Crippen LogP contribution >= 0.6 is 0 Å². The minimum Gasteiger partial charge on any atom is -0.307 e. The van der Waals surface area contributed by atoms with Gasteiger partial charge in [-0.05, 0) is 17.7 Å². The molecule has 5 nitrogen and oxygen atoms in total. The molecule has 1 N–H and O–H groups in total. The SMILES string of the molecule is O=C1C(=O)N(C(=O)Nc2ccccc2)C[C@H]1c1ccccc1. The topological polar surface area (TPSA) is 66.5 Å². The van der Waals surface area contributed by atoms with Crippen molar-refractivity contribution in [2.24, 2.45) is 0 Å². The predicted octanol–water partition coefficient (Wildman–Crippen LogP) is 2.41. The molecule has 0 aromatic heterocycles. The van der Waals surface area contributed by atoms with Crippen molar-refractivity contribution in [3.63, 3.8) is 0 Å². The molecule has 1 atom stereocenters. The van der Waals surface area contributed by atoms with Gasteiger partial charge in [0.25, 0.3) is 5.91 Å². The summed E-state index contributed by atoms with van der Waals surface area (Å²) >= 11 is 0. The Labute approximate surface area is 127 Å². The van der Waals surface area contributed by atoms with E-state index >= 15 is 0 Å². The van der Waals surface area contributed by atoms with Crippen LogP contribution in [0.2, 0.25) is 0 Å². The second-order valence-electron chi connectivity index (χ2n) is 5.04. The van der Waals surface area contributed by atoms with Crippen molar-refractivity contribution in [1.29, 1.82) is 0 Å². The zero-order valence-electron chi connectivity index (χ0n) is 11.7. The van der Waals surface area contributed by atoms with E-state index in [0.717, 1.165) is 10.5 Å². The van der Waals surface area contributed by atoms with Gasteiger partial charge in [0.2, 0.25) is 5.78 Å². The largest absolute Gasteiger partial charge is 0.328 e. The van der Waals surface area contributed by atoms with Crippen LogP contribution in [0.25, 0.3) is 0 Å². The first kappa shape index (κ1) is 14.0. The number of amides is 3. The van der Waals surface area contributed by atoms with Gasteiger partial charge in [-0.3, -0.25) is 14.5 Å². The molecule has 1 aliphatic rings. The fraction of sp³-hybridized carbons (Fsp3) is 0.118. The second kappa shape index (κ2) is 5.81. The van der Waals surface area contributed by atoms with Crippen LogP contribution in [0.4, 0.5) is 10.5 Å². The van der Waals surface area contributed by atoms with Crippen LogP contribution in [-0.2, 0) is 9.59 Å². The van der Waals surface area contributed by atoms with E-state index in [1.54, 1.807) is 48.5 Å². The van der Waals surface area contributed by atoms with Crippen LogP contribution in [0.1, 0.15) is 11.5 Å². The Balaban J connectivity index is 1.77. The summed E-state index contributed by atoms with van der Waals surface area (Å²) in [7, 11) is 0. The molecule has 0 aliphatic carbocycles. The van der Waals surface area contributed by atoms with Crippen LogP contribution in [0, 0.1) is 0 Å². The molecule has 3 rings (SSSR count). The van der Waals surface area contributed by atoms with Crippen molar-refractivity contribution in [2.45, 2.75) is 5.92 Å². The molecule has 0 radical (unpaired) electrons. The number of hydrogen-bond acceptors (Lipinski definition) is 3. The zero-order chi connectivity index (χ0) is 15.5. The number of rotatable bonds is 2. The Morgan fingerprint density at radius 3 is 2.18 bits per heavy atom. The average molecular weight is 294 g/mol. The molecule has 0 unspecified atom stereocenters. The number of benzene rings is 2. The van der Waals surface area contributed by atoms with Gasteiger partial charge < -0.3 is 5.32 Å². The smallest absolute Gasteiger partial charge is 0.307 e. The molecule has 1 saturated heterocycles. The maximum atomic E-state index is 12.2. The van der Waals surface area contributed by atoms with Gasteiger partial charge in [-0.25, -0.2) is 4.79 Å². The van der Waals surface area contributed by atoms with Crippen LogP contribution in [0.5, 0.6) is 0 Å². The standard InChI is InChI=1S/C17H14N2O3/c20-15-14(12-7-3-1-4-8-12)11-19(16(15)21)17(22)18-13-9-5-2-6-10-13/h1-10,14H,11H2,(H,18,22)/t14-/m0/s1. The number of urea groups is 1. The quantitative estimate of drug-likeness (QED) is 0.865. The van der Waals surface area contributed by atoms with Gasteiger partial charge in [0.15, 0.2) is 0 Å². The van der Waals surface area contributed by atoms with Crippen LogP contribution in [-0.4, -0.2) is 29.2 Å². The Morgan fingerprint density at radius 1 is 0.955 bits per heavy atom. The summed E-state index contributed by atoms with van der Waals surface area (Å²) in [5.74, 6) is -1.90. The van der Waals surface area contributed by atoms with Gasteiger partial charge in [0.05, 0.1) is 5.92 Å². The van der Waals surface area contributed by atoms with Gasteiger partial charge in [0, 0.05) is 12.2 Å². The van der Waals surface area contributed by atoms with E-state index in [0.29, 0.717) is 5.69 Å². The molecular weight excluding hydrogens is 280 g/mol. The normalized spacial score (nSPS) is 17.6. The van der Waals surface area contributed by atoms with Crippen molar-refractivity contribution in [3.05, 3.63) is 66.2 Å². The van der Waals surface area contributed by atoms with Crippen molar-refractivity contribution in [1.82, 2.24) is 4.90 Å². The number of nitrogens with one attached hydrogen (secondary N) is 1. The summed E-state index contributed by atoms with van der Waals surface area (Å²) in [6.45, 7) is 0.0698. The number of carbonyl (C=O) groups excluding carboxylic acids is 3. The first-order valence-corrected chi connectivity index (χ1v) is 6.93. The summed E-state index contributed by atoms with van der Waals surface area (Å²) in [6.07, 6.45) is 0. The summed E-state index contributed by atoms with van der Waals surface area (Å²) < 4.78 is 0. The lowest BCUT2D eigenvalue weighted by atomic mass is 9.97. The number of nitrogens with zero attached hydrogens (tertiary/aromatic N) is 1. The summed E-state index contributed by atoms with van der Waals surface area (Å²) in [5.41, 5.74) is 1.33. The van der Waals surface area contributed by atoms with E-state index in [2.05, 4.69) is 5.32 Å². The lowest BCUT2D eigenvalue weighted by Crippen LogP contribution is -2.37. The number of ketones is 1. The van der Waals surface area contributed by atoms with Crippen LogP contribution in [0.3, 0.4) is 0 Å². The van der Waals surface area contributed by atoms with Crippen molar-refractivity contribution < 1.29 is 14.4 Å². The Bertz CT molecular complexity index is 713. The molecule has 110 valence electrons. The predicted molar refractivity (Wildman–Crippen MR) is 81.4 cm³/mol. The highest BCUT2D eigenvalue weighted by Gasteiger charge is 2.42. The van der Waals surface area contributed by atoms with E-state index in [4.69, 9.17) is 0 Å². The molecule has 5 heteroatoms. The van der Waals surface area contributed by atoms with Crippen molar-refractivity contribution in [2.75, 3.05) is 11.9 Å². The molecule has 0 bridgehead atoms. The molecule has 0 saturated carbocycles. The monoisotopic (exact) mass is 294 g/mol. The van der Waals surface area contributed by atoms with Gasteiger partial charge >= 0.3 is 6.03 Å². The molecule has 1 fully saturated rings. The summed E-state index contributed by atoms with van der Waals surface area (Å²) in [4.78, 5) is 37.3. The molecule has 2 aromatic carbocycles. The van der Waals surface area contributed by atoms with E-state index in [1.165, 1.54) is 0 Å². The Kier molecular flexibility index (Phi) is 3.70. The van der Waals surface area contributed by atoms with Gasteiger partial charge in [-0.15, -0.1) is 0 Å². The summed E-state index contributed by atoms with van der Waals surface area (Å²) in [6, 6.07) is 17.3. The number of imide groups is 1. The lowest BCUT2D eigenvalue weighted by molar-refractivity contribution is -0.138. The van der Waals surface area contributed by atoms with E-state index in [1.807, 2.05) is 12.1 Å². The fourth-order valence-corrected chi connectivity index (χ4v) is 2.46. The van der Waals surface area contributed by atoms with Crippen LogP contribution in [0.15, 0.2) is 60.7 Å². The number of para-hydroxylation sites is 1. The number of Topliss-reactive ketones (excluding diaryl/α,β-unsaturated/α-hetero) is 1. The number of likely N-dealkylation sites (tertiary alicyclic amines) is 1. The highest BCUT2D eigenvalue weighted by molar-refractivity contribution is 6.43. The minimum atomic E-state index is -0.762. The van der Waals surface area contributed by atoms with Gasteiger partial charge in [-0.2, -0.15) is 0 Å². The lowest BCUT2D eigenvalue weighted by Gasteiger charge is -2.14. The third kappa shape index (κ3) is 2.61. The molecule has 22 heavy (non-hydrogen) atoms. The van der Waals surface area contributed by atoms with E-state index in [9.17, 15) is 14.4 Å². The molecule has 1 heterocycles. The Hall–Kier alpha value is -2.95. The van der Waals surface area contributed by atoms with Gasteiger partial charge in [0.1, 0.15) is 0 Å². The third-order valence-electron chi connectivity index (χ3n) is 3.61. The van der Waals surface area contributed by atoms with Crippen molar-refractivity contribution in [3.8, 4) is 0 Å². The molecule has 0 spiro atoms. The summed E-state index contributed by atoms with van der Waals surface area (Å²) in [5, 5.41) is 2.62. The first-order chi connectivity index (χ1) is 10.7. The molecule has 3 amide bonds. The Morgan fingerprint density at radius 2 is 1.55 bits per heavy atom. The highest BCUT2D eigenvalue weighted by atomic mass is 16.2. The second-order valence-corrected chi connectivity index (χ2v) is 5.04. The molecule has 1 aliphatic heterocycles. The highest BCUT2D eigenvalue weighted by Crippen LogP contribution is 2.25. The number of carbonyl (C=O) groups is 3. The van der Waals surface area contributed by atoms with E-state index in [-0.39, 0.29) is 6.54 Å². The fourth-order valence-electron chi connectivity index (χ4n) is 2.46. The number of hydrogen-bond donors (Lipinski definition) is 1. The molecular formula is C17H14N2O3. The minimum absolute atomic E-state index is 0.0698. The van der Waals surface area contributed by atoms with Gasteiger partial charge in [-0.1, -0.05) is 48.5 Å². The van der Waals surface area contributed by atoms with E-state index < -0.39 is 23.6 Å². The maximum Gasteiger partial charge on any atom is 0.328 e. The zero-order valence-corrected chi connectivity index (χ0v) is 11.7.